The van der Waals surface area contributed by atoms with Gasteiger partial charge < -0.3 is 9.88 Å². The molecule has 2 aromatic heterocycles. The van der Waals surface area contributed by atoms with E-state index >= 15 is 0 Å². The van der Waals surface area contributed by atoms with E-state index in [0.717, 1.165) is 35.6 Å². The highest BCUT2D eigenvalue weighted by Crippen LogP contribution is 2.21. The average Bonchev–Trinajstić information content (AvgIpc) is 2.92. The number of rotatable bonds is 4. The molecule has 0 amide bonds. The molecule has 2 heterocycles. The third kappa shape index (κ3) is 2.22. The first kappa shape index (κ1) is 12.6. The highest BCUT2D eigenvalue weighted by molar-refractivity contribution is 5.85. The first-order valence-electron chi connectivity index (χ1n) is 6.83. The molecule has 20 heavy (non-hydrogen) atoms. The second-order valence-electron chi connectivity index (χ2n) is 4.60. The van der Waals surface area contributed by atoms with Gasteiger partial charge in [0, 0.05) is 12.2 Å². The Morgan fingerprint density at radius 1 is 1.05 bits per heavy atom. The molecular weight excluding hydrogens is 250 g/mol. The molecule has 0 unspecified atom stereocenters. The van der Waals surface area contributed by atoms with Crippen molar-refractivity contribution in [3.63, 3.8) is 0 Å². The van der Waals surface area contributed by atoms with Crippen LogP contribution in [0.4, 0.5) is 11.5 Å². The third-order valence-corrected chi connectivity index (χ3v) is 3.37. The lowest BCUT2D eigenvalue weighted by Crippen LogP contribution is -1.98. The van der Waals surface area contributed by atoms with Crippen LogP contribution in [0.15, 0.2) is 36.9 Å². The molecular formula is C15H17N5. The Labute approximate surface area is 117 Å². The topological polar surface area (TPSA) is 55.6 Å². The number of nitrogens with zero attached hydrogens (tertiary/aromatic N) is 4. The summed E-state index contributed by atoms with van der Waals surface area (Å²) in [7, 11) is 0. The molecule has 3 aromatic rings. The summed E-state index contributed by atoms with van der Waals surface area (Å²) in [4.78, 5) is 13.0. The monoisotopic (exact) mass is 267 g/mol. The molecule has 0 atom stereocenters. The third-order valence-electron chi connectivity index (χ3n) is 3.37. The minimum Gasteiger partial charge on any atom is -0.338 e. The van der Waals surface area contributed by atoms with Crippen LogP contribution in [0.25, 0.3) is 11.2 Å². The fourth-order valence-corrected chi connectivity index (χ4v) is 2.16. The van der Waals surface area contributed by atoms with Crippen molar-refractivity contribution in [2.24, 2.45) is 0 Å². The van der Waals surface area contributed by atoms with Gasteiger partial charge in [-0.25, -0.2) is 15.0 Å². The first-order chi connectivity index (χ1) is 9.81. The molecule has 102 valence electrons. The molecule has 5 heteroatoms. The van der Waals surface area contributed by atoms with Crippen LogP contribution in [0.5, 0.6) is 0 Å². The Kier molecular flexibility index (Phi) is 3.33. The SMILES string of the molecule is CCc1ccc(Nc2ncnc3c2ncn3CC)cc1. The smallest absolute Gasteiger partial charge is 0.165 e. The highest BCUT2D eigenvalue weighted by Gasteiger charge is 2.09. The van der Waals surface area contributed by atoms with Crippen molar-refractivity contribution < 1.29 is 0 Å². The van der Waals surface area contributed by atoms with E-state index in [4.69, 9.17) is 0 Å². The molecule has 0 saturated carbocycles. The Morgan fingerprint density at radius 2 is 1.85 bits per heavy atom. The lowest BCUT2D eigenvalue weighted by atomic mass is 10.1. The van der Waals surface area contributed by atoms with Crippen LogP contribution in [0.3, 0.4) is 0 Å². The standard InChI is InChI=1S/C15H17N5/c1-3-11-5-7-12(8-6-11)19-14-13-15(17-9-16-14)20(4-2)10-18-13/h5-10H,3-4H2,1-2H3,(H,16,17,19). The van der Waals surface area contributed by atoms with Crippen LogP contribution in [0.1, 0.15) is 19.4 Å². The van der Waals surface area contributed by atoms with Gasteiger partial charge in [-0.2, -0.15) is 0 Å². The number of hydrogen-bond acceptors (Lipinski definition) is 4. The summed E-state index contributed by atoms with van der Waals surface area (Å²) < 4.78 is 2.00. The first-order valence-corrected chi connectivity index (χ1v) is 6.83. The maximum atomic E-state index is 4.39. The van der Waals surface area contributed by atoms with Crippen molar-refractivity contribution >= 4 is 22.7 Å². The van der Waals surface area contributed by atoms with Gasteiger partial charge in [-0.3, -0.25) is 0 Å². The van der Waals surface area contributed by atoms with Crippen LogP contribution in [0.2, 0.25) is 0 Å². The quantitative estimate of drug-likeness (QED) is 0.789. The Bertz CT molecular complexity index is 715. The van der Waals surface area contributed by atoms with E-state index in [0.29, 0.717) is 0 Å². The number of aryl methyl sites for hydroxylation is 2. The van der Waals surface area contributed by atoms with Gasteiger partial charge in [-0.15, -0.1) is 0 Å². The van der Waals surface area contributed by atoms with Gasteiger partial charge in [0.2, 0.25) is 0 Å². The zero-order valence-corrected chi connectivity index (χ0v) is 11.7. The second kappa shape index (κ2) is 5.28. The average molecular weight is 267 g/mol. The number of benzene rings is 1. The van der Waals surface area contributed by atoms with Gasteiger partial charge in [-0.1, -0.05) is 19.1 Å². The van der Waals surface area contributed by atoms with Crippen LogP contribution < -0.4 is 5.32 Å². The van der Waals surface area contributed by atoms with Crippen LogP contribution in [-0.2, 0) is 13.0 Å². The molecule has 0 radical (unpaired) electrons. The van der Waals surface area contributed by atoms with Crippen molar-refractivity contribution in [3.8, 4) is 0 Å². The summed E-state index contributed by atoms with van der Waals surface area (Å²) in [6.07, 6.45) is 4.41. The van der Waals surface area contributed by atoms with Gasteiger partial charge >= 0.3 is 0 Å². The summed E-state index contributed by atoms with van der Waals surface area (Å²) in [6, 6.07) is 8.35. The number of hydrogen-bond donors (Lipinski definition) is 1. The largest absolute Gasteiger partial charge is 0.338 e. The Morgan fingerprint density at radius 3 is 2.55 bits per heavy atom. The van der Waals surface area contributed by atoms with Crippen LogP contribution in [0, 0.1) is 0 Å². The van der Waals surface area contributed by atoms with Crippen LogP contribution in [-0.4, -0.2) is 19.5 Å². The van der Waals surface area contributed by atoms with Gasteiger partial charge in [0.15, 0.2) is 17.0 Å². The van der Waals surface area contributed by atoms with Crippen molar-refractivity contribution in [1.29, 1.82) is 0 Å². The molecule has 0 bridgehead atoms. The minimum absolute atomic E-state index is 0.742. The van der Waals surface area contributed by atoms with E-state index in [-0.39, 0.29) is 0 Å². The van der Waals surface area contributed by atoms with E-state index in [1.54, 1.807) is 12.7 Å². The zero-order valence-electron chi connectivity index (χ0n) is 11.7. The number of nitrogens with one attached hydrogen (secondary N) is 1. The predicted molar refractivity (Wildman–Crippen MR) is 80.1 cm³/mol. The molecule has 1 aromatic carbocycles. The fourth-order valence-electron chi connectivity index (χ4n) is 2.16. The number of imidazole rings is 1. The van der Waals surface area contributed by atoms with Crippen molar-refractivity contribution in [2.45, 2.75) is 26.8 Å². The van der Waals surface area contributed by atoms with Crippen LogP contribution >= 0.6 is 0 Å². The van der Waals surface area contributed by atoms with E-state index in [1.807, 2.05) is 4.57 Å². The predicted octanol–water partition coefficient (Wildman–Crippen LogP) is 3.15. The summed E-state index contributed by atoms with van der Waals surface area (Å²) in [5.74, 6) is 0.742. The molecule has 0 aliphatic carbocycles. The molecule has 0 spiro atoms. The summed E-state index contributed by atoms with van der Waals surface area (Å²) >= 11 is 0. The molecule has 5 nitrogen and oxygen atoms in total. The Hall–Kier alpha value is -2.43. The number of anilines is 2. The van der Waals surface area contributed by atoms with Gasteiger partial charge in [0.1, 0.15) is 6.33 Å². The van der Waals surface area contributed by atoms with E-state index in [9.17, 15) is 0 Å². The molecule has 3 rings (SSSR count). The number of fused-ring (bicyclic) bond motifs is 1. The lowest BCUT2D eigenvalue weighted by Gasteiger charge is -2.07. The molecule has 0 aliphatic rings. The van der Waals surface area contributed by atoms with E-state index < -0.39 is 0 Å². The van der Waals surface area contributed by atoms with E-state index in [1.165, 1.54) is 5.56 Å². The van der Waals surface area contributed by atoms with E-state index in [2.05, 4.69) is 58.4 Å². The molecule has 0 aliphatic heterocycles. The molecule has 0 fully saturated rings. The number of aromatic nitrogens is 4. The minimum atomic E-state index is 0.742. The maximum Gasteiger partial charge on any atom is 0.165 e. The summed E-state index contributed by atoms with van der Waals surface area (Å²) in [5, 5.41) is 3.31. The molecule has 1 N–H and O–H groups in total. The van der Waals surface area contributed by atoms with Crippen molar-refractivity contribution in [2.75, 3.05) is 5.32 Å². The zero-order chi connectivity index (χ0) is 13.9. The van der Waals surface area contributed by atoms with Gasteiger partial charge in [-0.05, 0) is 31.0 Å². The van der Waals surface area contributed by atoms with Gasteiger partial charge in [0.25, 0.3) is 0 Å². The lowest BCUT2D eigenvalue weighted by molar-refractivity contribution is 0.777. The highest BCUT2D eigenvalue weighted by atomic mass is 15.1. The Balaban J connectivity index is 1.95. The van der Waals surface area contributed by atoms with Crippen molar-refractivity contribution in [3.05, 3.63) is 42.5 Å². The summed E-state index contributed by atoms with van der Waals surface area (Å²) in [6.45, 7) is 5.06. The van der Waals surface area contributed by atoms with Crippen molar-refractivity contribution in [1.82, 2.24) is 19.5 Å². The second-order valence-corrected chi connectivity index (χ2v) is 4.60. The summed E-state index contributed by atoms with van der Waals surface area (Å²) in [5.41, 5.74) is 3.98. The molecule has 0 saturated heterocycles. The fraction of sp³-hybridized carbons (Fsp3) is 0.267. The van der Waals surface area contributed by atoms with Gasteiger partial charge in [0.05, 0.1) is 6.33 Å². The normalized spacial score (nSPS) is 10.9. The maximum absolute atomic E-state index is 4.39.